The van der Waals surface area contributed by atoms with E-state index in [4.69, 9.17) is 28.3 Å². The molecule has 2 aromatic heterocycles. The van der Waals surface area contributed by atoms with Crippen molar-refractivity contribution in [2.24, 2.45) is 34.8 Å². The number of rotatable bonds is 29. The van der Waals surface area contributed by atoms with Crippen LogP contribution in [0.4, 0.5) is 0 Å². The lowest BCUT2D eigenvalue weighted by molar-refractivity contribution is -0.149. The molecule has 0 saturated carbocycles. The molecule has 3 aliphatic rings. The number of benzene rings is 3. The summed E-state index contributed by atoms with van der Waals surface area (Å²) in [5.41, 5.74) is 25.4. The normalized spacial score (nSPS) is 24.4. The Bertz CT molecular complexity index is 5220. The highest BCUT2D eigenvalue weighted by atomic mass is 32.2. The fraction of sp³-hybridized carbons (Fsp3) is 0.564. The number of nitrogens with zero attached hydrogens (tertiary/aromatic N) is 6. The van der Waals surface area contributed by atoms with Gasteiger partial charge in [0.2, 0.25) is 100 Å². The maximum atomic E-state index is 16.0. The third-order valence-electron chi connectivity index (χ3n) is 24.8. The monoisotopic (exact) mass is 1960 g/mol. The lowest BCUT2D eigenvalue weighted by Crippen LogP contribution is -2.61. The Morgan fingerprint density at radius 1 is 0.547 bits per heavy atom. The summed E-state index contributed by atoms with van der Waals surface area (Å²) in [6, 6.07) is -2.25. The van der Waals surface area contributed by atoms with Crippen LogP contribution in [-0.2, 0) is 112 Å². The Kier molecular flexibility index (Phi) is 42.2. The number of aliphatic hydroxyl groups is 1. The van der Waals surface area contributed by atoms with Gasteiger partial charge in [-0.2, -0.15) is 0 Å². The van der Waals surface area contributed by atoms with Crippen molar-refractivity contribution < 1.29 is 102 Å². The standard InChI is InChI=1S/C94H137N23O21S/c1-11-13-25-72-86(131)106-64(37-51(3)4)84(129)111-70(81(126)102-45-77(97)121)49-139-50-78(122)103-67(39-54-29-31-57(118)32-30-54)89(134)112(8)53(7)80(125)108-69(43-76(96)120)91(136)116-36-20-28-73(116)87(132)105-62(24-19-35-100-94(98)99)82(127)109-66(38-52(5)6)92(137)117-47-58(119)42-75(117)88(133)107-65(40-55-44-101-61-23-17-15-21-59(55)61)85(130)104-63(33-34-95)83(128)110-68(90(135)114(10)74(26-14-12-2)93(138)113(72)9)41-56-46-115(48-79(123)124)71-27-18-16-22-60(56)71/h15-18,21-23,27,29-32,44,46,51-53,58,62-70,72-75,101,118-119H,11-14,19-20,24-26,28,33-43,45,47-50,95H2,1-10H3,(H2,96,120)(H2,97,121)(H,102,126)(H,103,122)(H,104,130)(H,105,132)(H,106,131)(H,107,133)(H,108,125)(H,109,127)(H,110,128)(H,111,129)(H,123,124)(H4,98,99,100)/t53-,58+,62-,63-,64-,65-,66-,67-,68-,69-,70-,72-,73?,74-,75-/m0/s1. The molecule has 139 heavy (non-hydrogen) atoms. The van der Waals surface area contributed by atoms with Gasteiger partial charge in [0.25, 0.3) is 0 Å². The number of aromatic nitrogens is 2. The van der Waals surface area contributed by atoms with E-state index in [2.05, 4.69) is 63.5 Å². The van der Waals surface area contributed by atoms with Gasteiger partial charge in [0.15, 0.2) is 5.96 Å². The number of amides is 17. The molecule has 24 N–H and O–H groups in total. The van der Waals surface area contributed by atoms with Crippen LogP contribution in [0.3, 0.4) is 0 Å². The van der Waals surface area contributed by atoms with E-state index in [1.165, 1.54) is 63.1 Å². The number of likely N-dealkylation sites (N-methyl/N-ethyl adjacent to an activating group) is 3. The first kappa shape index (κ1) is 111. The van der Waals surface area contributed by atoms with Crippen molar-refractivity contribution in [3.8, 4) is 5.75 Å². The summed E-state index contributed by atoms with van der Waals surface area (Å²) in [6.07, 6.45) is 0.645. The first-order valence-corrected chi connectivity index (χ1v) is 48.2. The maximum Gasteiger partial charge on any atom is 0.323 e. The number of carboxylic acids is 1. The molecule has 3 fully saturated rings. The van der Waals surface area contributed by atoms with Gasteiger partial charge in [0.1, 0.15) is 96.9 Å². The van der Waals surface area contributed by atoms with E-state index in [1.54, 1.807) is 82.4 Å². The van der Waals surface area contributed by atoms with Crippen molar-refractivity contribution in [3.63, 3.8) is 0 Å². The average molecular weight is 1960 g/mol. The fourth-order valence-corrected chi connectivity index (χ4v) is 18.2. The molecule has 1 unspecified atom stereocenters. The van der Waals surface area contributed by atoms with Crippen molar-refractivity contribution in [1.82, 2.24) is 92.5 Å². The van der Waals surface area contributed by atoms with E-state index in [9.17, 15) is 63.3 Å². The third kappa shape index (κ3) is 31.8. The molecular formula is C94H137N23O21S. The van der Waals surface area contributed by atoms with Gasteiger partial charge in [0, 0.05) is 106 Å². The summed E-state index contributed by atoms with van der Waals surface area (Å²) >= 11 is 0.782. The minimum atomic E-state index is -1.79. The minimum Gasteiger partial charge on any atom is -0.508 e. The number of aliphatic hydroxyl groups excluding tert-OH is 1. The number of thioether (sulfide) groups is 1. The number of fused-ring (bicyclic) bond motifs is 4. The maximum absolute atomic E-state index is 16.0. The first-order chi connectivity index (χ1) is 65.9. The van der Waals surface area contributed by atoms with Crippen LogP contribution in [0.2, 0.25) is 0 Å². The number of aromatic hydroxyl groups is 1. The number of hydrogen-bond donors (Lipinski definition) is 20. The van der Waals surface area contributed by atoms with Crippen LogP contribution in [0.1, 0.15) is 161 Å². The topological polar surface area (TPSA) is 665 Å². The van der Waals surface area contributed by atoms with Crippen LogP contribution >= 0.6 is 11.8 Å². The molecule has 8 rings (SSSR count). The predicted molar refractivity (Wildman–Crippen MR) is 515 cm³/mol. The van der Waals surface area contributed by atoms with Gasteiger partial charge >= 0.3 is 5.97 Å². The van der Waals surface area contributed by atoms with Crippen LogP contribution in [-0.4, -0.2) is 318 Å². The van der Waals surface area contributed by atoms with Crippen molar-refractivity contribution in [2.45, 2.75) is 261 Å². The number of phenols is 1. The zero-order valence-electron chi connectivity index (χ0n) is 80.4. The molecule has 17 amide bonds. The van der Waals surface area contributed by atoms with Gasteiger partial charge in [-0.05, 0) is 124 Å². The molecule has 45 heteroatoms. The fourth-order valence-electron chi connectivity index (χ4n) is 17.4. The lowest BCUT2D eigenvalue weighted by Gasteiger charge is -2.36. The SMILES string of the molecule is CCCC[C@H]1C(=O)N(C)[C@@H](CCCC)C(=O)N[C@@H](CC(C)C)C(=O)N[C@H](C(=O)NCC(N)=O)CSCC(=O)N[C@@H](Cc2ccc(O)cc2)C(=O)N(C)[C@@H](C)C(=O)N[C@@H](CC(N)=O)C(=O)N2CCCC2C(=O)N[C@@H](CCCNC(=N)N)C(=O)N[C@@H](CC(C)C)C(=O)N2C[C@H](O)C[C@H]2C(=O)N[C@@H](Cc2c[nH]c3ccccc23)C(=O)N[C@@H](CCN)C(=O)N[C@@H](Cc2cn(CC(=O)O)c3ccccc23)C(=O)N1C. The Morgan fingerprint density at radius 2 is 1.09 bits per heavy atom. The van der Waals surface area contributed by atoms with E-state index in [-0.39, 0.29) is 114 Å². The number of nitrogens with one attached hydrogen (secondary N) is 13. The number of primary amides is 2. The molecule has 5 heterocycles. The highest BCUT2D eigenvalue weighted by molar-refractivity contribution is 8.00. The van der Waals surface area contributed by atoms with Crippen molar-refractivity contribution >= 4 is 146 Å². The molecule has 0 spiro atoms. The molecule has 15 atom stereocenters. The number of carboxylic acid groups (broad SMARTS) is 1. The quantitative estimate of drug-likeness (QED) is 0.0141. The van der Waals surface area contributed by atoms with Crippen molar-refractivity contribution in [1.29, 1.82) is 5.41 Å². The third-order valence-corrected chi connectivity index (χ3v) is 25.9. The van der Waals surface area contributed by atoms with Crippen LogP contribution < -0.4 is 81.4 Å². The number of aliphatic carboxylic acids is 1. The molecule has 760 valence electrons. The number of phenolic OH excluding ortho intramolecular Hbond substituents is 1. The predicted octanol–water partition coefficient (Wildman–Crippen LogP) is -1.93. The zero-order chi connectivity index (χ0) is 102. The zero-order valence-corrected chi connectivity index (χ0v) is 81.2. The highest BCUT2D eigenvalue weighted by Crippen LogP contribution is 2.29. The van der Waals surface area contributed by atoms with Crippen LogP contribution in [0, 0.1) is 17.2 Å². The van der Waals surface area contributed by atoms with Gasteiger partial charge in [-0.3, -0.25) is 91.7 Å². The molecule has 0 radical (unpaired) electrons. The van der Waals surface area contributed by atoms with Crippen molar-refractivity contribution in [3.05, 3.63) is 102 Å². The summed E-state index contributed by atoms with van der Waals surface area (Å²) in [7, 11) is 3.91. The van der Waals surface area contributed by atoms with Crippen LogP contribution in [0.25, 0.3) is 21.8 Å². The Labute approximate surface area is 810 Å². The Hall–Kier alpha value is -13.5. The Morgan fingerprint density at radius 3 is 1.73 bits per heavy atom. The number of aromatic amines is 1. The molecule has 3 aliphatic heterocycles. The lowest BCUT2D eigenvalue weighted by atomic mass is 9.99. The van der Waals surface area contributed by atoms with Crippen LogP contribution in [0.5, 0.6) is 5.75 Å². The molecule has 44 nitrogen and oxygen atoms in total. The average Bonchev–Trinajstić information content (AvgIpc) is 1.62. The van der Waals surface area contributed by atoms with Gasteiger partial charge < -0.3 is 131 Å². The van der Waals surface area contributed by atoms with Gasteiger partial charge in [-0.15, -0.1) is 11.8 Å². The van der Waals surface area contributed by atoms with E-state index >= 15 is 38.4 Å². The second-order valence-corrected chi connectivity index (χ2v) is 37.6. The number of hydrogen-bond acceptors (Lipinski definition) is 23. The summed E-state index contributed by atoms with van der Waals surface area (Å²) in [5, 5.41) is 70.3. The summed E-state index contributed by atoms with van der Waals surface area (Å²) < 4.78 is 1.44. The number of para-hydroxylation sites is 2. The largest absolute Gasteiger partial charge is 0.508 e. The number of carbonyl (C=O) groups is 18. The summed E-state index contributed by atoms with van der Waals surface area (Å²) in [6.45, 7) is 9.80. The smallest absolute Gasteiger partial charge is 0.323 e. The van der Waals surface area contributed by atoms with Gasteiger partial charge in [0.05, 0.1) is 24.8 Å². The molecular weight excluding hydrogens is 1820 g/mol. The second-order valence-electron chi connectivity index (χ2n) is 36.6. The number of unbranched alkanes of at least 4 members (excludes halogenated alkanes) is 2. The molecule has 0 bridgehead atoms. The number of H-pyrrole nitrogens is 1. The Balaban J connectivity index is 1.23. The summed E-state index contributed by atoms with van der Waals surface area (Å²) in [4.78, 5) is 273. The van der Waals surface area contributed by atoms with E-state index in [0.29, 0.717) is 64.2 Å². The summed E-state index contributed by atoms with van der Waals surface area (Å²) in [5.74, 6) is -19.3. The van der Waals surface area contributed by atoms with Crippen LogP contribution in [0.15, 0.2) is 85.2 Å². The number of carbonyl (C=O) groups excluding carboxylic acids is 17. The first-order valence-electron chi connectivity index (χ1n) is 47.1. The van der Waals surface area contributed by atoms with Crippen molar-refractivity contribution in [2.75, 3.05) is 65.4 Å². The highest BCUT2D eigenvalue weighted by Gasteiger charge is 2.47. The molecule has 0 aliphatic carbocycles. The van der Waals surface area contributed by atoms with Gasteiger partial charge in [-0.25, -0.2) is 0 Å². The minimum absolute atomic E-state index is 0.00222. The van der Waals surface area contributed by atoms with E-state index in [1.807, 2.05) is 13.8 Å². The van der Waals surface area contributed by atoms with Gasteiger partial charge in [-0.1, -0.05) is 116 Å². The molecule has 3 aromatic carbocycles. The number of guanidine groups is 1. The second kappa shape index (κ2) is 52.9. The number of nitrogens with two attached hydrogens (primary N) is 4. The molecule has 3 saturated heterocycles. The van der Waals surface area contributed by atoms with E-state index in [0.717, 1.165) is 36.3 Å². The molecule has 5 aromatic rings. The van der Waals surface area contributed by atoms with E-state index < -0.39 is 247 Å².